The lowest BCUT2D eigenvalue weighted by molar-refractivity contribution is -0.140. The standard InChI is InChI=1S/C11H18O3/c1-8-4-3-6-11(2,10(8)14)7-5-9(12)13/h8H,3-7H2,1-2H3,(H,12,13). The van der Waals surface area contributed by atoms with Gasteiger partial charge in [-0.05, 0) is 19.3 Å². The van der Waals surface area contributed by atoms with Crippen LogP contribution in [-0.4, -0.2) is 16.9 Å². The van der Waals surface area contributed by atoms with Crippen molar-refractivity contribution in [1.29, 1.82) is 0 Å². The van der Waals surface area contributed by atoms with Gasteiger partial charge in [-0.15, -0.1) is 0 Å². The lowest BCUT2D eigenvalue weighted by atomic mass is 9.68. The van der Waals surface area contributed by atoms with Crippen molar-refractivity contribution < 1.29 is 14.7 Å². The summed E-state index contributed by atoms with van der Waals surface area (Å²) in [5.41, 5.74) is -0.379. The fourth-order valence-electron chi connectivity index (χ4n) is 2.28. The summed E-state index contributed by atoms with van der Waals surface area (Å²) < 4.78 is 0. The summed E-state index contributed by atoms with van der Waals surface area (Å²) in [6.45, 7) is 3.86. The summed E-state index contributed by atoms with van der Waals surface area (Å²) >= 11 is 0. The third-order valence-corrected chi connectivity index (χ3v) is 3.30. The fraction of sp³-hybridized carbons (Fsp3) is 0.818. The summed E-state index contributed by atoms with van der Waals surface area (Å²) in [6, 6.07) is 0. The van der Waals surface area contributed by atoms with Crippen LogP contribution in [0.2, 0.25) is 0 Å². The maximum absolute atomic E-state index is 11.9. The van der Waals surface area contributed by atoms with Crippen molar-refractivity contribution >= 4 is 11.8 Å². The minimum absolute atomic E-state index is 0.106. The van der Waals surface area contributed by atoms with E-state index < -0.39 is 5.97 Å². The van der Waals surface area contributed by atoms with Gasteiger partial charge < -0.3 is 5.11 Å². The monoisotopic (exact) mass is 198 g/mol. The normalized spacial score (nSPS) is 33.0. The Morgan fingerprint density at radius 1 is 1.64 bits per heavy atom. The first-order chi connectivity index (χ1) is 6.46. The highest BCUT2D eigenvalue weighted by atomic mass is 16.4. The van der Waals surface area contributed by atoms with Crippen LogP contribution in [0.4, 0.5) is 0 Å². The van der Waals surface area contributed by atoms with Crippen LogP contribution in [0.25, 0.3) is 0 Å². The van der Waals surface area contributed by atoms with E-state index >= 15 is 0 Å². The molecule has 1 aliphatic rings. The van der Waals surface area contributed by atoms with E-state index in [0.29, 0.717) is 6.42 Å². The average Bonchev–Trinajstić information content (AvgIpc) is 2.11. The molecule has 0 spiro atoms. The van der Waals surface area contributed by atoms with Crippen LogP contribution in [0.5, 0.6) is 0 Å². The summed E-state index contributed by atoms with van der Waals surface area (Å²) in [6.07, 6.45) is 3.45. The molecular formula is C11H18O3. The Hall–Kier alpha value is -0.860. The lowest BCUT2D eigenvalue weighted by Gasteiger charge is -2.35. The van der Waals surface area contributed by atoms with Crippen LogP contribution in [0.3, 0.4) is 0 Å². The summed E-state index contributed by atoms with van der Waals surface area (Å²) in [7, 11) is 0. The summed E-state index contributed by atoms with van der Waals surface area (Å²) in [5.74, 6) is -0.440. The predicted octanol–water partition coefficient (Wildman–Crippen LogP) is 2.25. The molecule has 2 atom stereocenters. The fourth-order valence-corrected chi connectivity index (χ4v) is 2.28. The minimum Gasteiger partial charge on any atom is -0.481 e. The molecule has 0 saturated heterocycles. The van der Waals surface area contributed by atoms with Gasteiger partial charge in [0.25, 0.3) is 0 Å². The summed E-state index contributed by atoms with van der Waals surface area (Å²) in [4.78, 5) is 22.3. The molecule has 2 unspecified atom stereocenters. The molecular weight excluding hydrogens is 180 g/mol. The zero-order valence-electron chi connectivity index (χ0n) is 8.88. The van der Waals surface area contributed by atoms with E-state index in [1.165, 1.54) is 0 Å². The van der Waals surface area contributed by atoms with Gasteiger partial charge >= 0.3 is 5.97 Å². The smallest absolute Gasteiger partial charge is 0.303 e. The number of carbonyl (C=O) groups excluding carboxylic acids is 1. The number of ketones is 1. The first-order valence-corrected chi connectivity index (χ1v) is 5.22. The van der Waals surface area contributed by atoms with E-state index in [4.69, 9.17) is 5.11 Å². The molecule has 0 bridgehead atoms. The number of rotatable bonds is 3. The van der Waals surface area contributed by atoms with E-state index in [-0.39, 0.29) is 23.5 Å². The van der Waals surface area contributed by atoms with Crippen LogP contribution < -0.4 is 0 Å². The van der Waals surface area contributed by atoms with E-state index in [9.17, 15) is 9.59 Å². The Balaban J connectivity index is 2.61. The van der Waals surface area contributed by atoms with Gasteiger partial charge in [-0.3, -0.25) is 9.59 Å². The highest BCUT2D eigenvalue weighted by molar-refractivity contribution is 5.87. The van der Waals surface area contributed by atoms with E-state index in [2.05, 4.69) is 0 Å². The van der Waals surface area contributed by atoms with Gasteiger partial charge in [0, 0.05) is 17.8 Å². The summed E-state index contributed by atoms with van der Waals surface area (Å²) in [5, 5.41) is 8.60. The predicted molar refractivity (Wildman–Crippen MR) is 53.0 cm³/mol. The number of hydrogen-bond donors (Lipinski definition) is 1. The van der Waals surface area contributed by atoms with Gasteiger partial charge in [0.05, 0.1) is 0 Å². The second kappa shape index (κ2) is 4.11. The topological polar surface area (TPSA) is 54.4 Å². The number of aliphatic carboxylic acids is 1. The molecule has 0 heterocycles. The molecule has 3 nitrogen and oxygen atoms in total. The van der Waals surface area contributed by atoms with Crippen LogP contribution in [0.1, 0.15) is 46.0 Å². The highest BCUT2D eigenvalue weighted by Gasteiger charge is 2.38. The van der Waals surface area contributed by atoms with Crippen molar-refractivity contribution in [3.05, 3.63) is 0 Å². The third-order valence-electron chi connectivity index (χ3n) is 3.30. The Bertz CT molecular complexity index is 247. The van der Waals surface area contributed by atoms with Gasteiger partial charge in [0.15, 0.2) is 0 Å². The SMILES string of the molecule is CC1CCCC(C)(CCC(=O)O)C1=O. The molecule has 1 rings (SSSR count). The quantitative estimate of drug-likeness (QED) is 0.756. The van der Waals surface area contributed by atoms with Gasteiger partial charge in [0.1, 0.15) is 5.78 Å². The maximum atomic E-state index is 11.9. The molecule has 1 N–H and O–H groups in total. The van der Waals surface area contributed by atoms with Crippen molar-refractivity contribution in [1.82, 2.24) is 0 Å². The Morgan fingerprint density at radius 3 is 2.86 bits per heavy atom. The minimum atomic E-state index is -0.808. The molecule has 0 radical (unpaired) electrons. The molecule has 80 valence electrons. The molecule has 0 amide bonds. The van der Waals surface area contributed by atoms with Crippen LogP contribution >= 0.6 is 0 Å². The third kappa shape index (κ3) is 2.34. The van der Waals surface area contributed by atoms with Gasteiger partial charge in [-0.25, -0.2) is 0 Å². The molecule has 1 fully saturated rings. The van der Waals surface area contributed by atoms with Crippen LogP contribution in [0, 0.1) is 11.3 Å². The molecule has 3 heteroatoms. The first-order valence-electron chi connectivity index (χ1n) is 5.22. The second-order valence-corrected chi connectivity index (χ2v) is 4.61. The highest BCUT2D eigenvalue weighted by Crippen LogP contribution is 2.39. The van der Waals surface area contributed by atoms with Crippen LogP contribution in [-0.2, 0) is 9.59 Å². The van der Waals surface area contributed by atoms with Gasteiger partial charge in [0.2, 0.25) is 0 Å². The van der Waals surface area contributed by atoms with Crippen LogP contribution in [0.15, 0.2) is 0 Å². The Morgan fingerprint density at radius 2 is 2.29 bits per heavy atom. The number of carbonyl (C=O) groups is 2. The molecule has 1 saturated carbocycles. The van der Waals surface area contributed by atoms with Crippen molar-refractivity contribution in [2.24, 2.45) is 11.3 Å². The number of hydrogen-bond acceptors (Lipinski definition) is 2. The molecule has 0 aromatic rings. The van der Waals surface area contributed by atoms with Crippen molar-refractivity contribution in [3.8, 4) is 0 Å². The Kier molecular flexibility index (Phi) is 3.29. The lowest BCUT2D eigenvalue weighted by Crippen LogP contribution is -2.36. The molecule has 0 aliphatic heterocycles. The van der Waals surface area contributed by atoms with Gasteiger partial charge in [-0.2, -0.15) is 0 Å². The maximum Gasteiger partial charge on any atom is 0.303 e. The Labute approximate surface area is 84.5 Å². The molecule has 1 aliphatic carbocycles. The zero-order valence-corrected chi connectivity index (χ0v) is 8.88. The van der Waals surface area contributed by atoms with E-state index in [0.717, 1.165) is 19.3 Å². The average molecular weight is 198 g/mol. The van der Waals surface area contributed by atoms with E-state index in [1.807, 2.05) is 13.8 Å². The number of carboxylic acid groups (broad SMARTS) is 1. The number of Topliss-reactive ketones (excluding diaryl/α,β-unsaturated/α-hetero) is 1. The first kappa shape index (κ1) is 11.2. The largest absolute Gasteiger partial charge is 0.481 e. The van der Waals surface area contributed by atoms with Crippen molar-refractivity contribution in [2.75, 3.05) is 0 Å². The van der Waals surface area contributed by atoms with Gasteiger partial charge in [-0.1, -0.05) is 20.3 Å². The van der Waals surface area contributed by atoms with Crippen molar-refractivity contribution in [3.63, 3.8) is 0 Å². The molecule has 0 aromatic carbocycles. The van der Waals surface area contributed by atoms with E-state index in [1.54, 1.807) is 0 Å². The number of carboxylic acids is 1. The molecule has 14 heavy (non-hydrogen) atoms. The second-order valence-electron chi connectivity index (χ2n) is 4.61. The molecule has 0 aromatic heterocycles. The van der Waals surface area contributed by atoms with Crippen molar-refractivity contribution in [2.45, 2.75) is 46.0 Å². The zero-order chi connectivity index (χ0) is 10.8.